The molecule has 0 saturated carbocycles. The van der Waals surface area contributed by atoms with Crippen LogP contribution in [0.15, 0.2) is 30.6 Å². The third kappa shape index (κ3) is 5.88. The van der Waals surface area contributed by atoms with Crippen LogP contribution in [0.5, 0.6) is 5.88 Å². The van der Waals surface area contributed by atoms with Crippen molar-refractivity contribution >= 4 is 38.2 Å². The number of pyridine rings is 3. The summed E-state index contributed by atoms with van der Waals surface area (Å²) >= 11 is 0. The Morgan fingerprint density at radius 1 is 1.15 bits per heavy atom. The van der Waals surface area contributed by atoms with Crippen LogP contribution in [0.25, 0.3) is 10.8 Å². The molecule has 0 amide bonds. The molecule has 0 aromatic carbocycles. The molecule has 4 heterocycles. The Morgan fingerprint density at radius 3 is 2.46 bits per heavy atom. The van der Waals surface area contributed by atoms with E-state index in [-0.39, 0.29) is 12.1 Å². The van der Waals surface area contributed by atoms with Crippen molar-refractivity contribution in [3.05, 3.63) is 47.4 Å². The fourth-order valence-corrected chi connectivity index (χ4v) is 5.41. The largest absolute Gasteiger partial charge is 0.474 e. The van der Waals surface area contributed by atoms with E-state index in [0.29, 0.717) is 47.0 Å². The summed E-state index contributed by atoms with van der Waals surface area (Å²) in [6.07, 6.45) is 4.84. The molecule has 11 heteroatoms. The molecule has 0 unspecified atom stereocenters. The van der Waals surface area contributed by atoms with E-state index in [2.05, 4.69) is 15.3 Å². The van der Waals surface area contributed by atoms with Crippen molar-refractivity contribution in [3.8, 4) is 5.88 Å². The van der Waals surface area contributed by atoms with Crippen molar-refractivity contribution < 1.29 is 22.7 Å². The van der Waals surface area contributed by atoms with Crippen molar-refractivity contribution in [2.24, 2.45) is 5.73 Å². The van der Waals surface area contributed by atoms with E-state index < -0.39 is 31.6 Å². The number of ether oxygens (including phenoxy) is 2. The van der Waals surface area contributed by atoms with Crippen LogP contribution < -0.4 is 15.8 Å². The van der Waals surface area contributed by atoms with Gasteiger partial charge in [-0.15, -0.1) is 0 Å². The second-order valence-corrected chi connectivity index (χ2v) is 15.2. The number of cyclic esters (lactones) is 1. The van der Waals surface area contributed by atoms with E-state index in [1.54, 1.807) is 38.4 Å². The highest BCUT2D eigenvalue weighted by Crippen LogP contribution is 2.38. The number of anilines is 2. The summed E-state index contributed by atoms with van der Waals surface area (Å²) in [6.45, 7) is 15.0. The quantitative estimate of drug-likeness (QED) is 0.323. The molecule has 0 radical (unpaired) electrons. The number of aromatic nitrogens is 3. The molecule has 4 rings (SSSR count). The third-order valence-corrected chi connectivity index (χ3v) is 10.6. The Bertz CT molecular complexity index is 1600. The average Bonchev–Trinajstić information content (AvgIpc) is 2.86. The highest BCUT2D eigenvalue weighted by atomic mass is 32.2. The maximum Gasteiger partial charge on any atom is 0.340 e. The van der Waals surface area contributed by atoms with Gasteiger partial charge in [-0.25, -0.2) is 28.2 Å². The summed E-state index contributed by atoms with van der Waals surface area (Å²) in [5, 5.41) is 4.75. The maximum atomic E-state index is 12.4. The lowest BCUT2D eigenvalue weighted by Crippen LogP contribution is -2.42. The number of nitrogens with zero attached hydrogens (tertiary/aromatic N) is 3. The summed E-state index contributed by atoms with van der Waals surface area (Å²) in [5.41, 5.74) is 7.49. The van der Waals surface area contributed by atoms with Gasteiger partial charge < -0.3 is 20.5 Å². The number of carbonyl (C=O) groups is 1. The van der Waals surface area contributed by atoms with Crippen LogP contribution in [0, 0.1) is 0 Å². The second-order valence-electron chi connectivity index (χ2n) is 12.5. The van der Waals surface area contributed by atoms with E-state index in [1.807, 2.05) is 47.6 Å². The zero-order valence-corrected chi connectivity index (χ0v) is 26.1. The Morgan fingerprint density at radius 2 is 1.83 bits per heavy atom. The number of sulfone groups is 1. The first-order valence-electron chi connectivity index (χ1n) is 13.8. The minimum atomic E-state index is -3.29. The minimum Gasteiger partial charge on any atom is -0.474 e. The van der Waals surface area contributed by atoms with Crippen LogP contribution in [0.4, 0.5) is 11.6 Å². The molecule has 222 valence electrons. The van der Waals surface area contributed by atoms with Crippen LogP contribution in [0.1, 0.15) is 89.8 Å². The summed E-state index contributed by atoms with van der Waals surface area (Å²) in [6, 6.07) is 5.33. The minimum absolute atomic E-state index is 0.292. The highest BCUT2D eigenvalue weighted by Gasteiger charge is 2.41. The Balaban J connectivity index is 1.73. The van der Waals surface area contributed by atoms with Crippen LogP contribution in [-0.4, -0.2) is 52.5 Å². The van der Waals surface area contributed by atoms with Gasteiger partial charge in [-0.3, -0.25) is 0 Å². The maximum absolute atomic E-state index is 12.4. The number of hydrogen-bond acceptors (Lipinski definition) is 10. The number of hydrogen-bond donors (Lipinski definition) is 2. The van der Waals surface area contributed by atoms with Crippen LogP contribution in [0.2, 0.25) is 0 Å². The number of nitrogens with two attached hydrogens (primary N) is 1. The van der Waals surface area contributed by atoms with E-state index in [9.17, 15) is 13.2 Å². The molecule has 10 nitrogen and oxygen atoms in total. The molecule has 0 fully saturated rings. The van der Waals surface area contributed by atoms with Gasteiger partial charge >= 0.3 is 5.97 Å². The summed E-state index contributed by atoms with van der Waals surface area (Å²) < 4.78 is 35.2. The van der Waals surface area contributed by atoms with Gasteiger partial charge in [-0.05, 0) is 70.2 Å². The first-order valence-corrected chi connectivity index (χ1v) is 15.7. The molecule has 1 aliphatic rings. The van der Waals surface area contributed by atoms with E-state index in [0.717, 1.165) is 10.9 Å². The van der Waals surface area contributed by atoms with E-state index in [1.165, 1.54) is 6.26 Å². The third-order valence-electron chi connectivity index (χ3n) is 8.46. The number of esters is 1. The van der Waals surface area contributed by atoms with Gasteiger partial charge in [-0.1, -0.05) is 20.8 Å². The zero-order chi connectivity index (χ0) is 30.5. The molecular formula is C30H41N5O5S. The molecule has 1 aliphatic heterocycles. The summed E-state index contributed by atoms with van der Waals surface area (Å²) in [7, 11) is -3.29. The molecule has 3 aromatic rings. The second kappa shape index (κ2) is 10.5. The lowest BCUT2D eigenvalue weighted by molar-refractivity contribution is 0.00864. The van der Waals surface area contributed by atoms with Crippen molar-refractivity contribution in [1.29, 1.82) is 0 Å². The standard InChI is InChI=1S/C30H41N5O5S/c1-10-30(8,31)22-16-33-26(39-17(2)14-28(4,5)41(9,37)38)21-15-32-24(13-20(21)22)34-23-12-11-19-25(35-23)29(6,7)18(3)40-27(19)36/h11-13,15-18H,10,14,31H2,1-9H3,(H,32,34,35)/t17-,18-,30-/m1/s1. The van der Waals surface area contributed by atoms with E-state index >= 15 is 0 Å². The van der Waals surface area contributed by atoms with Gasteiger partial charge in [0.05, 0.1) is 27.5 Å². The average molecular weight is 584 g/mol. The smallest absolute Gasteiger partial charge is 0.340 e. The molecule has 0 bridgehead atoms. The number of carbonyl (C=O) groups excluding carboxylic acids is 1. The van der Waals surface area contributed by atoms with Crippen LogP contribution in [0.3, 0.4) is 0 Å². The molecule has 0 spiro atoms. The molecule has 3 N–H and O–H groups in total. The molecule has 0 saturated heterocycles. The number of nitrogens with one attached hydrogen (secondary N) is 1. The van der Waals surface area contributed by atoms with Gasteiger partial charge in [0.15, 0.2) is 9.84 Å². The summed E-state index contributed by atoms with van der Waals surface area (Å²) in [5.74, 6) is 1.05. The predicted octanol–water partition coefficient (Wildman–Crippen LogP) is 5.17. The predicted molar refractivity (Wildman–Crippen MR) is 160 cm³/mol. The lowest BCUT2D eigenvalue weighted by atomic mass is 9.79. The topological polar surface area (TPSA) is 146 Å². The Labute approximate surface area is 242 Å². The van der Waals surface area contributed by atoms with Gasteiger partial charge in [0.25, 0.3) is 0 Å². The highest BCUT2D eigenvalue weighted by molar-refractivity contribution is 7.92. The van der Waals surface area contributed by atoms with Crippen molar-refractivity contribution in [1.82, 2.24) is 15.0 Å². The molecule has 3 aromatic heterocycles. The summed E-state index contributed by atoms with van der Waals surface area (Å²) in [4.78, 5) is 26.4. The first-order chi connectivity index (χ1) is 18.9. The Hall–Kier alpha value is -3.31. The molecular weight excluding hydrogens is 542 g/mol. The Kier molecular flexibility index (Phi) is 7.85. The lowest BCUT2D eigenvalue weighted by Gasteiger charge is -2.36. The molecule has 41 heavy (non-hydrogen) atoms. The molecule has 3 atom stereocenters. The fourth-order valence-electron chi connectivity index (χ4n) is 4.87. The van der Waals surface area contributed by atoms with E-state index in [4.69, 9.17) is 20.2 Å². The SMILES string of the molecule is CC[C@@](C)(N)c1cnc(O[C@H](C)CC(C)(C)S(C)(=O)=O)c2cnc(Nc3ccc4c(n3)C(C)(C)[C@@H](C)OC4=O)cc12. The fraction of sp³-hybridized carbons (Fsp3) is 0.533. The number of rotatable bonds is 9. The van der Waals surface area contributed by atoms with Crippen molar-refractivity contribution in [2.75, 3.05) is 11.6 Å². The van der Waals surface area contributed by atoms with Gasteiger partial charge in [0.2, 0.25) is 5.88 Å². The van der Waals surface area contributed by atoms with Gasteiger partial charge in [0, 0.05) is 36.0 Å². The molecule has 0 aliphatic carbocycles. The van der Waals surface area contributed by atoms with Gasteiger partial charge in [-0.2, -0.15) is 0 Å². The monoisotopic (exact) mass is 583 g/mol. The number of fused-ring (bicyclic) bond motifs is 2. The zero-order valence-electron chi connectivity index (χ0n) is 25.3. The van der Waals surface area contributed by atoms with Crippen LogP contribution in [-0.2, 0) is 25.5 Å². The van der Waals surface area contributed by atoms with Crippen molar-refractivity contribution in [3.63, 3.8) is 0 Å². The van der Waals surface area contributed by atoms with Crippen molar-refractivity contribution in [2.45, 2.75) is 96.1 Å². The first kappa shape index (κ1) is 30.6. The van der Waals surface area contributed by atoms with Gasteiger partial charge in [0.1, 0.15) is 17.7 Å². The normalized spacial score (nSPS) is 19.2. The van der Waals surface area contributed by atoms with Crippen LogP contribution >= 0.6 is 0 Å².